The van der Waals surface area contributed by atoms with Crippen LogP contribution in [0.3, 0.4) is 0 Å². The van der Waals surface area contributed by atoms with Gasteiger partial charge < -0.3 is 9.67 Å². The van der Waals surface area contributed by atoms with E-state index in [0.717, 1.165) is 16.8 Å². The lowest BCUT2D eigenvalue weighted by Gasteiger charge is -2.11. The summed E-state index contributed by atoms with van der Waals surface area (Å²) in [6, 6.07) is 8.10. The molecule has 8 heteroatoms. The van der Waals surface area contributed by atoms with Crippen LogP contribution in [0.5, 0.6) is 0 Å². The van der Waals surface area contributed by atoms with Crippen molar-refractivity contribution >= 4 is 34.1 Å². The summed E-state index contributed by atoms with van der Waals surface area (Å²) >= 11 is 5.97. The maximum atomic E-state index is 12.7. The smallest absolute Gasteiger partial charge is 0.326 e. The van der Waals surface area contributed by atoms with Crippen molar-refractivity contribution in [1.82, 2.24) is 19.2 Å². The zero-order chi connectivity index (χ0) is 19.3. The molecule has 7 nitrogen and oxygen atoms in total. The summed E-state index contributed by atoms with van der Waals surface area (Å²) in [5.74, 6) is -1.08. The molecule has 0 aliphatic rings. The molecule has 1 N–H and O–H groups in total. The molecule has 27 heavy (non-hydrogen) atoms. The number of hydrogen-bond acceptors (Lipinski definition) is 4. The fraction of sp³-hybridized carbons (Fsp3) is 0.158. The highest BCUT2D eigenvalue weighted by Gasteiger charge is 2.19. The Balaban J connectivity index is 1.99. The number of aliphatic carboxylic acids is 1. The Morgan fingerprint density at radius 2 is 1.93 bits per heavy atom. The molecule has 0 radical (unpaired) electrons. The van der Waals surface area contributed by atoms with E-state index in [0.29, 0.717) is 21.6 Å². The Bertz CT molecular complexity index is 1260. The van der Waals surface area contributed by atoms with E-state index in [2.05, 4.69) is 10.1 Å². The summed E-state index contributed by atoms with van der Waals surface area (Å²) in [5.41, 5.74) is 3.31. The van der Waals surface area contributed by atoms with Crippen LogP contribution in [0.4, 0.5) is 0 Å². The second kappa shape index (κ2) is 6.21. The topological polar surface area (TPSA) is 89.5 Å². The van der Waals surface area contributed by atoms with E-state index >= 15 is 0 Å². The van der Waals surface area contributed by atoms with Gasteiger partial charge in [0.1, 0.15) is 6.04 Å². The number of nitrogens with zero attached hydrogens (tertiary/aromatic N) is 4. The number of aryl methyl sites for hydroxylation is 1. The Kier molecular flexibility index (Phi) is 3.96. The number of pyridine rings is 1. The lowest BCUT2D eigenvalue weighted by molar-refractivity contribution is -0.140. The average Bonchev–Trinajstić information content (AvgIpc) is 2.98. The van der Waals surface area contributed by atoms with Gasteiger partial charge in [-0.15, -0.1) is 0 Å². The van der Waals surface area contributed by atoms with Crippen LogP contribution in [0.15, 0.2) is 47.5 Å². The SMILES string of the molecule is Cc1nn2c(ncc3c(=O)n([C@@H](C)C(=O)O)ccc32)c1-c1ccc(Cl)cc1. The number of hydrogen-bond donors (Lipinski definition) is 1. The minimum atomic E-state index is -1.08. The highest BCUT2D eigenvalue weighted by Crippen LogP contribution is 2.29. The van der Waals surface area contributed by atoms with Gasteiger partial charge in [-0.1, -0.05) is 23.7 Å². The van der Waals surface area contributed by atoms with Crippen LogP contribution in [0.2, 0.25) is 5.02 Å². The van der Waals surface area contributed by atoms with Gasteiger partial charge >= 0.3 is 5.97 Å². The minimum Gasteiger partial charge on any atom is -0.480 e. The molecule has 0 bridgehead atoms. The summed E-state index contributed by atoms with van der Waals surface area (Å²) in [5, 5.41) is 14.7. The number of halogens is 1. The first-order valence-electron chi connectivity index (χ1n) is 8.26. The molecular formula is C19H15ClN4O3. The van der Waals surface area contributed by atoms with Gasteiger partial charge in [0.25, 0.3) is 5.56 Å². The van der Waals surface area contributed by atoms with E-state index in [1.165, 1.54) is 23.9 Å². The molecule has 0 aliphatic heterocycles. The van der Waals surface area contributed by atoms with Crippen LogP contribution in [0, 0.1) is 6.92 Å². The lowest BCUT2D eigenvalue weighted by atomic mass is 10.1. The molecule has 0 saturated heterocycles. The van der Waals surface area contributed by atoms with E-state index in [4.69, 9.17) is 11.6 Å². The predicted octanol–water partition coefficient (Wildman–Crippen LogP) is 3.32. The van der Waals surface area contributed by atoms with Gasteiger partial charge in [0, 0.05) is 23.0 Å². The van der Waals surface area contributed by atoms with Crippen molar-refractivity contribution in [2.24, 2.45) is 0 Å². The minimum absolute atomic E-state index is 0.309. The van der Waals surface area contributed by atoms with Crippen LogP contribution in [-0.4, -0.2) is 30.2 Å². The largest absolute Gasteiger partial charge is 0.480 e. The Morgan fingerprint density at radius 3 is 2.59 bits per heavy atom. The molecule has 4 rings (SSSR count). The first-order chi connectivity index (χ1) is 12.9. The van der Waals surface area contributed by atoms with Crippen LogP contribution < -0.4 is 5.56 Å². The average molecular weight is 383 g/mol. The molecule has 0 aliphatic carbocycles. The molecule has 3 aromatic heterocycles. The third-order valence-electron chi connectivity index (χ3n) is 4.62. The molecule has 0 amide bonds. The van der Waals surface area contributed by atoms with Gasteiger partial charge in [0.15, 0.2) is 5.65 Å². The second-order valence-electron chi connectivity index (χ2n) is 6.30. The van der Waals surface area contributed by atoms with Crippen molar-refractivity contribution in [1.29, 1.82) is 0 Å². The number of carbonyl (C=O) groups is 1. The number of fused-ring (bicyclic) bond motifs is 3. The monoisotopic (exact) mass is 382 g/mol. The molecule has 1 aromatic carbocycles. The first-order valence-corrected chi connectivity index (χ1v) is 8.64. The predicted molar refractivity (Wildman–Crippen MR) is 102 cm³/mol. The van der Waals surface area contributed by atoms with E-state index in [9.17, 15) is 14.7 Å². The summed E-state index contributed by atoms with van der Waals surface area (Å²) in [4.78, 5) is 28.4. The molecule has 136 valence electrons. The van der Waals surface area contributed by atoms with E-state index in [1.807, 2.05) is 19.1 Å². The van der Waals surface area contributed by atoms with Crippen LogP contribution >= 0.6 is 11.6 Å². The summed E-state index contributed by atoms with van der Waals surface area (Å²) in [7, 11) is 0. The number of benzene rings is 1. The molecule has 0 saturated carbocycles. The number of aromatic nitrogens is 4. The zero-order valence-electron chi connectivity index (χ0n) is 14.5. The molecule has 1 atom stereocenters. The number of carboxylic acids is 1. The maximum absolute atomic E-state index is 12.7. The molecule has 3 heterocycles. The van der Waals surface area contributed by atoms with Gasteiger partial charge in [-0.05, 0) is 37.6 Å². The molecular weight excluding hydrogens is 368 g/mol. The van der Waals surface area contributed by atoms with Crippen molar-refractivity contribution < 1.29 is 9.90 Å². The number of rotatable bonds is 3. The first kappa shape index (κ1) is 17.2. The molecule has 0 spiro atoms. The Hall–Kier alpha value is -3.19. The van der Waals surface area contributed by atoms with Gasteiger partial charge in [-0.25, -0.2) is 14.3 Å². The summed E-state index contributed by atoms with van der Waals surface area (Å²) in [6.45, 7) is 3.33. The van der Waals surface area contributed by atoms with E-state index in [1.54, 1.807) is 22.7 Å². The van der Waals surface area contributed by atoms with Crippen molar-refractivity contribution in [3.8, 4) is 11.1 Å². The van der Waals surface area contributed by atoms with Crippen LogP contribution in [0.25, 0.3) is 27.7 Å². The molecule has 0 unspecified atom stereocenters. The summed E-state index contributed by atoms with van der Waals surface area (Å²) < 4.78 is 2.79. The quantitative estimate of drug-likeness (QED) is 0.587. The van der Waals surface area contributed by atoms with Crippen molar-refractivity contribution in [3.63, 3.8) is 0 Å². The standard InChI is InChI=1S/C19H15ClN4O3/c1-10-16(12-3-5-13(20)6-4-12)17-21-9-14-15(24(17)22-10)7-8-23(18(14)25)11(2)19(26)27/h3-9,11H,1-2H3,(H,26,27)/t11-/m0/s1. The van der Waals surface area contributed by atoms with Gasteiger partial charge in [-0.2, -0.15) is 5.10 Å². The highest BCUT2D eigenvalue weighted by atomic mass is 35.5. The molecule has 0 fully saturated rings. The van der Waals surface area contributed by atoms with E-state index < -0.39 is 17.6 Å². The van der Waals surface area contributed by atoms with Gasteiger partial charge in [0.05, 0.1) is 16.6 Å². The van der Waals surface area contributed by atoms with Crippen LogP contribution in [0.1, 0.15) is 18.7 Å². The Labute approximate surface area is 158 Å². The number of carboxylic acid groups (broad SMARTS) is 1. The van der Waals surface area contributed by atoms with Crippen LogP contribution in [-0.2, 0) is 4.79 Å². The Morgan fingerprint density at radius 1 is 1.22 bits per heavy atom. The zero-order valence-corrected chi connectivity index (χ0v) is 15.3. The van der Waals surface area contributed by atoms with Crippen molar-refractivity contribution in [2.75, 3.05) is 0 Å². The third-order valence-corrected chi connectivity index (χ3v) is 4.87. The molecule has 4 aromatic rings. The second-order valence-corrected chi connectivity index (χ2v) is 6.74. The maximum Gasteiger partial charge on any atom is 0.326 e. The normalized spacial score (nSPS) is 12.6. The van der Waals surface area contributed by atoms with Crippen molar-refractivity contribution in [3.05, 3.63) is 63.8 Å². The lowest BCUT2D eigenvalue weighted by Crippen LogP contribution is -2.28. The fourth-order valence-corrected chi connectivity index (χ4v) is 3.30. The van der Waals surface area contributed by atoms with Crippen molar-refractivity contribution in [2.45, 2.75) is 19.9 Å². The third kappa shape index (κ3) is 2.67. The van der Waals surface area contributed by atoms with Gasteiger partial charge in [-0.3, -0.25) is 4.79 Å². The van der Waals surface area contributed by atoms with E-state index in [-0.39, 0.29) is 0 Å². The highest BCUT2D eigenvalue weighted by molar-refractivity contribution is 6.30. The summed E-state index contributed by atoms with van der Waals surface area (Å²) in [6.07, 6.45) is 2.94. The van der Waals surface area contributed by atoms with Gasteiger partial charge in [0.2, 0.25) is 0 Å². The fourth-order valence-electron chi connectivity index (χ4n) is 3.17.